The number of rotatable bonds is 6. The van der Waals surface area contributed by atoms with Gasteiger partial charge in [0.1, 0.15) is 0 Å². The maximum atomic E-state index is 12.0. The smallest absolute Gasteiger partial charge is 0.253 e. The zero-order valence-electron chi connectivity index (χ0n) is 12.4. The standard InChI is InChI=1S/C16H16BrNO4S/c1-22-15-10-13(9-14(17)16(15)19)11-18-23(20,21)8-7-12-5-3-2-4-6-12/h2-6,9-11,19H,7-8H2,1H3. The molecule has 0 saturated heterocycles. The predicted molar refractivity (Wildman–Crippen MR) is 93.9 cm³/mol. The third kappa shape index (κ3) is 5.07. The van der Waals surface area contributed by atoms with E-state index >= 15 is 0 Å². The summed E-state index contributed by atoms with van der Waals surface area (Å²) in [4.78, 5) is 0. The van der Waals surface area contributed by atoms with Gasteiger partial charge in [-0.15, -0.1) is 0 Å². The number of aromatic hydroxyl groups is 1. The number of methoxy groups -OCH3 is 1. The Labute approximate surface area is 143 Å². The first-order chi connectivity index (χ1) is 10.9. The molecule has 0 unspecified atom stereocenters. The minimum Gasteiger partial charge on any atom is -0.503 e. The Hall–Kier alpha value is -1.86. The van der Waals surface area contributed by atoms with Gasteiger partial charge in [0.2, 0.25) is 0 Å². The number of halogens is 1. The molecule has 0 aliphatic carbocycles. The summed E-state index contributed by atoms with van der Waals surface area (Å²) in [6.07, 6.45) is 1.65. The van der Waals surface area contributed by atoms with Crippen LogP contribution >= 0.6 is 15.9 Å². The van der Waals surface area contributed by atoms with Crippen LogP contribution in [0.25, 0.3) is 0 Å². The Balaban J connectivity index is 2.11. The van der Waals surface area contributed by atoms with E-state index in [0.29, 0.717) is 16.5 Å². The van der Waals surface area contributed by atoms with Crippen molar-refractivity contribution < 1.29 is 18.3 Å². The summed E-state index contributed by atoms with van der Waals surface area (Å²) in [6.45, 7) is 0. The molecule has 0 aliphatic heterocycles. The second-order valence-electron chi connectivity index (χ2n) is 4.81. The molecule has 0 bridgehead atoms. The molecule has 2 rings (SSSR count). The van der Waals surface area contributed by atoms with E-state index in [-0.39, 0.29) is 17.3 Å². The molecule has 122 valence electrons. The van der Waals surface area contributed by atoms with Crippen molar-refractivity contribution >= 4 is 32.2 Å². The van der Waals surface area contributed by atoms with Crippen LogP contribution in [0.4, 0.5) is 0 Å². The van der Waals surface area contributed by atoms with E-state index in [4.69, 9.17) is 4.74 Å². The lowest BCUT2D eigenvalue weighted by molar-refractivity contribution is 0.372. The number of aryl methyl sites for hydroxylation is 1. The number of phenols is 1. The Morgan fingerprint density at radius 1 is 1.26 bits per heavy atom. The highest BCUT2D eigenvalue weighted by Crippen LogP contribution is 2.34. The molecule has 0 amide bonds. The molecule has 0 spiro atoms. The minimum atomic E-state index is -3.57. The Morgan fingerprint density at radius 3 is 2.61 bits per heavy atom. The van der Waals surface area contributed by atoms with Gasteiger partial charge in [0.15, 0.2) is 11.5 Å². The van der Waals surface area contributed by atoms with Gasteiger partial charge in [-0.3, -0.25) is 0 Å². The van der Waals surface area contributed by atoms with Crippen molar-refractivity contribution in [1.82, 2.24) is 0 Å². The lowest BCUT2D eigenvalue weighted by atomic mass is 10.2. The van der Waals surface area contributed by atoms with Crippen LogP contribution in [-0.4, -0.2) is 32.6 Å². The fraction of sp³-hybridized carbons (Fsp3) is 0.188. The molecule has 0 radical (unpaired) electrons. The van der Waals surface area contributed by atoms with Crippen LogP contribution in [0.3, 0.4) is 0 Å². The summed E-state index contributed by atoms with van der Waals surface area (Å²) in [5.74, 6) is 0.128. The summed E-state index contributed by atoms with van der Waals surface area (Å²) >= 11 is 3.18. The topological polar surface area (TPSA) is 76.0 Å². The molecule has 0 saturated carbocycles. The Morgan fingerprint density at radius 2 is 1.96 bits per heavy atom. The number of ether oxygens (including phenoxy) is 1. The van der Waals surface area contributed by atoms with Crippen molar-refractivity contribution in [2.24, 2.45) is 4.40 Å². The molecule has 0 aromatic heterocycles. The largest absolute Gasteiger partial charge is 0.503 e. The van der Waals surface area contributed by atoms with E-state index in [2.05, 4.69) is 20.3 Å². The lowest BCUT2D eigenvalue weighted by Crippen LogP contribution is -2.06. The van der Waals surface area contributed by atoms with E-state index in [0.717, 1.165) is 5.56 Å². The van der Waals surface area contributed by atoms with Crippen molar-refractivity contribution in [2.45, 2.75) is 6.42 Å². The van der Waals surface area contributed by atoms with Crippen LogP contribution in [0, 0.1) is 0 Å². The molecule has 1 N–H and O–H groups in total. The maximum Gasteiger partial charge on any atom is 0.253 e. The lowest BCUT2D eigenvalue weighted by Gasteiger charge is -2.06. The second kappa shape index (κ2) is 7.61. The molecule has 0 aliphatic rings. The Kier molecular flexibility index (Phi) is 5.79. The summed E-state index contributed by atoms with van der Waals surface area (Å²) in [5, 5.41) is 9.73. The number of sulfonamides is 1. The first-order valence-electron chi connectivity index (χ1n) is 6.80. The van der Waals surface area contributed by atoms with Gasteiger partial charge in [0.05, 0.1) is 17.3 Å². The fourth-order valence-corrected chi connectivity index (χ4v) is 3.25. The SMILES string of the molecule is COc1cc(C=NS(=O)(=O)CCc2ccccc2)cc(Br)c1O. The third-order valence-corrected chi connectivity index (χ3v) is 4.88. The van der Waals surface area contributed by atoms with Gasteiger partial charge in [-0.1, -0.05) is 30.3 Å². The molecule has 0 heterocycles. The maximum absolute atomic E-state index is 12.0. The van der Waals surface area contributed by atoms with E-state index < -0.39 is 10.0 Å². The molecule has 5 nitrogen and oxygen atoms in total. The highest BCUT2D eigenvalue weighted by Gasteiger charge is 2.10. The first-order valence-corrected chi connectivity index (χ1v) is 9.20. The zero-order chi connectivity index (χ0) is 16.9. The van der Waals surface area contributed by atoms with Crippen molar-refractivity contribution in [1.29, 1.82) is 0 Å². The van der Waals surface area contributed by atoms with Gasteiger partial charge in [-0.2, -0.15) is 4.40 Å². The van der Waals surface area contributed by atoms with Crippen molar-refractivity contribution in [3.05, 3.63) is 58.1 Å². The van der Waals surface area contributed by atoms with Crippen LogP contribution in [0.1, 0.15) is 11.1 Å². The van der Waals surface area contributed by atoms with Gasteiger partial charge in [-0.25, -0.2) is 8.42 Å². The molecular weight excluding hydrogens is 382 g/mol. The summed E-state index contributed by atoms with van der Waals surface area (Å²) in [7, 11) is -2.15. The molecule has 23 heavy (non-hydrogen) atoms. The monoisotopic (exact) mass is 397 g/mol. The minimum absolute atomic E-state index is 0.0448. The number of hydrogen-bond donors (Lipinski definition) is 1. The number of phenolic OH excluding ortho intramolecular Hbond substituents is 1. The highest BCUT2D eigenvalue weighted by atomic mass is 79.9. The quantitative estimate of drug-likeness (QED) is 0.759. The number of hydrogen-bond acceptors (Lipinski definition) is 4. The average molecular weight is 398 g/mol. The molecule has 2 aromatic carbocycles. The van der Waals surface area contributed by atoms with Gasteiger partial charge < -0.3 is 9.84 Å². The van der Waals surface area contributed by atoms with Crippen LogP contribution in [-0.2, 0) is 16.4 Å². The highest BCUT2D eigenvalue weighted by molar-refractivity contribution is 9.10. The molecule has 2 aromatic rings. The summed E-state index contributed by atoms with van der Waals surface area (Å²) < 4.78 is 33.1. The zero-order valence-corrected chi connectivity index (χ0v) is 14.8. The van der Waals surface area contributed by atoms with E-state index in [1.54, 1.807) is 6.07 Å². The average Bonchev–Trinajstić information content (AvgIpc) is 2.55. The van der Waals surface area contributed by atoms with Crippen LogP contribution in [0.5, 0.6) is 11.5 Å². The van der Waals surface area contributed by atoms with Gasteiger partial charge in [0, 0.05) is 6.21 Å². The van der Waals surface area contributed by atoms with Crippen molar-refractivity contribution in [3.8, 4) is 11.5 Å². The van der Waals surface area contributed by atoms with E-state index in [9.17, 15) is 13.5 Å². The van der Waals surface area contributed by atoms with Crippen LogP contribution < -0.4 is 4.74 Å². The molecule has 7 heteroatoms. The third-order valence-electron chi connectivity index (χ3n) is 3.12. The van der Waals surface area contributed by atoms with E-state index in [1.807, 2.05) is 30.3 Å². The predicted octanol–water partition coefficient (Wildman–Crippen LogP) is 3.15. The van der Waals surface area contributed by atoms with Crippen molar-refractivity contribution in [3.63, 3.8) is 0 Å². The fourth-order valence-electron chi connectivity index (χ4n) is 1.91. The number of nitrogens with zero attached hydrogens (tertiary/aromatic N) is 1. The van der Waals surface area contributed by atoms with Gasteiger partial charge >= 0.3 is 0 Å². The molecular formula is C16H16BrNO4S. The normalized spacial score (nSPS) is 11.7. The summed E-state index contributed by atoms with van der Waals surface area (Å²) in [6, 6.07) is 12.4. The van der Waals surface area contributed by atoms with Crippen molar-refractivity contribution in [2.75, 3.05) is 12.9 Å². The summed E-state index contributed by atoms with van der Waals surface area (Å²) in [5.41, 5.74) is 1.45. The first kappa shape index (κ1) is 17.5. The van der Waals surface area contributed by atoms with Gasteiger partial charge in [0.25, 0.3) is 10.0 Å². The van der Waals surface area contributed by atoms with Crippen LogP contribution in [0.2, 0.25) is 0 Å². The molecule has 0 atom stereocenters. The van der Waals surface area contributed by atoms with E-state index in [1.165, 1.54) is 19.4 Å². The number of benzene rings is 2. The Bertz CT molecular complexity index is 804. The molecule has 0 fully saturated rings. The second-order valence-corrected chi connectivity index (χ2v) is 7.45. The van der Waals surface area contributed by atoms with Crippen LogP contribution in [0.15, 0.2) is 51.3 Å². The van der Waals surface area contributed by atoms with Gasteiger partial charge in [-0.05, 0) is 45.6 Å².